The summed E-state index contributed by atoms with van der Waals surface area (Å²) in [6.07, 6.45) is 1.82. The number of likely N-dealkylation sites (tertiary alicyclic amines) is 1. The van der Waals surface area contributed by atoms with Crippen molar-refractivity contribution in [1.82, 2.24) is 10.2 Å². The Morgan fingerprint density at radius 2 is 1.86 bits per heavy atom. The van der Waals surface area contributed by atoms with Crippen molar-refractivity contribution in [2.24, 2.45) is 17.6 Å². The third-order valence-corrected chi connectivity index (χ3v) is 4.04. The molecule has 0 unspecified atom stereocenters. The van der Waals surface area contributed by atoms with Gasteiger partial charge < -0.3 is 21.1 Å². The number of hydrogen-bond acceptors (Lipinski definition) is 3. The molecule has 7 heteroatoms. The zero-order chi connectivity index (χ0) is 16.0. The zero-order valence-corrected chi connectivity index (χ0v) is 12.7. The molecule has 4 N–H and O–H groups in total. The Labute approximate surface area is 124 Å². The molecule has 7 nitrogen and oxygen atoms in total. The number of carboxylic acid groups (broad SMARTS) is 1. The quantitative estimate of drug-likeness (QED) is 0.672. The fraction of sp³-hybridized carbons (Fsp3) is 0.786. The van der Waals surface area contributed by atoms with Crippen LogP contribution in [0.2, 0.25) is 0 Å². The summed E-state index contributed by atoms with van der Waals surface area (Å²) >= 11 is 0. The van der Waals surface area contributed by atoms with Crippen molar-refractivity contribution in [3.8, 4) is 0 Å². The molecule has 3 amide bonds. The standard InChI is InChI=1S/C14H25N3O4/c1-9(2)10-5-7-17(8-6-10)14(21)16-11(13(19)20)3-4-12(15)18/h9-11H,3-8H2,1-2H3,(H2,15,18)(H,16,21)(H,19,20)/t11-/m0/s1. The third kappa shape index (κ3) is 5.61. The summed E-state index contributed by atoms with van der Waals surface area (Å²) in [5.41, 5.74) is 5.00. The predicted molar refractivity (Wildman–Crippen MR) is 77.5 cm³/mol. The zero-order valence-electron chi connectivity index (χ0n) is 12.7. The van der Waals surface area contributed by atoms with Crippen LogP contribution in [0.3, 0.4) is 0 Å². The van der Waals surface area contributed by atoms with Crippen molar-refractivity contribution < 1.29 is 19.5 Å². The maximum Gasteiger partial charge on any atom is 0.326 e. The molecule has 120 valence electrons. The molecule has 1 fully saturated rings. The molecule has 1 atom stereocenters. The van der Waals surface area contributed by atoms with Gasteiger partial charge in [-0.15, -0.1) is 0 Å². The molecule has 0 aromatic heterocycles. The minimum atomic E-state index is -1.15. The van der Waals surface area contributed by atoms with Gasteiger partial charge in [0.25, 0.3) is 0 Å². The number of urea groups is 1. The first-order valence-corrected chi connectivity index (χ1v) is 7.37. The Balaban J connectivity index is 2.47. The van der Waals surface area contributed by atoms with E-state index in [0.717, 1.165) is 12.8 Å². The number of hydrogen-bond donors (Lipinski definition) is 3. The monoisotopic (exact) mass is 299 g/mol. The second kappa shape index (κ2) is 7.85. The maximum absolute atomic E-state index is 12.1. The molecule has 0 aromatic rings. The predicted octanol–water partition coefficient (Wildman–Crippen LogP) is 0.783. The Bertz CT molecular complexity index is 390. The molecule has 0 aliphatic carbocycles. The van der Waals surface area contributed by atoms with E-state index < -0.39 is 17.9 Å². The van der Waals surface area contributed by atoms with Gasteiger partial charge in [0.15, 0.2) is 0 Å². The lowest BCUT2D eigenvalue weighted by Gasteiger charge is -2.34. The van der Waals surface area contributed by atoms with E-state index in [0.29, 0.717) is 24.9 Å². The van der Waals surface area contributed by atoms with E-state index in [1.807, 2.05) is 0 Å². The van der Waals surface area contributed by atoms with Gasteiger partial charge in [-0.25, -0.2) is 9.59 Å². The van der Waals surface area contributed by atoms with E-state index >= 15 is 0 Å². The van der Waals surface area contributed by atoms with E-state index in [1.165, 1.54) is 0 Å². The van der Waals surface area contributed by atoms with Gasteiger partial charge in [0.2, 0.25) is 5.91 Å². The lowest BCUT2D eigenvalue weighted by Crippen LogP contribution is -2.50. The fourth-order valence-corrected chi connectivity index (χ4v) is 2.55. The number of carboxylic acids is 1. The van der Waals surface area contributed by atoms with Crippen molar-refractivity contribution in [3.05, 3.63) is 0 Å². The summed E-state index contributed by atoms with van der Waals surface area (Å²) in [6, 6.07) is -1.46. The van der Waals surface area contributed by atoms with Crippen LogP contribution in [0.1, 0.15) is 39.5 Å². The van der Waals surface area contributed by atoms with Gasteiger partial charge in [0.05, 0.1) is 0 Å². The lowest BCUT2D eigenvalue weighted by atomic mass is 9.87. The molecule has 0 radical (unpaired) electrons. The molecule has 1 saturated heterocycles. The Kier molecular flexibility index (Phi) is 6.45. The molecule has 1 aliphatic rings. The molecule has 1 rings (SSSR count). The topological polar surface area (TPSA) is 113 Å². The summed E-state index contributed by atoms with van der Waals surface area (Å²) in [6.45, 7) is 5.61. The molecule has 0 aromatic carbocycles. The SMILES string of the molecule is CC(C)C1CCN(C(=O)N[C@@H](CCC(N)=O)C(=O)O)CC1. The van der Waals surface area contributed by atoms with E-state index in [9.17, 15) is 14.4 Å². The van der Waals surface area contributed by atoms with Crippen LogP contribution in [0, 0.1) is 11.8 Å². The average Bonchev–Trinajstić information content (AvgIpc) is 2.42. The molecule has 21 heavy (non-hydrogen) atoms. The Hall–Kier alpha value is -1.79. The van der Waals surface area contributed by atoms with Crippen LogP contribution in [-0.2, 0) is 9.59 Å². The van der Waals surface area contributed by atoms with Crippen molar-refractivity contribution in [2.75, 3.05) is 13.1 Å². The van der Waals surface area contributed by atoms with Gasteiger partial charge in [0.1, 0.15) is 6.04 Å². The number of nitrogens with zero attached hydrogens (tertiary/aromatic N) is 1. The normalized spacial score (nSPS) is 17.6. The van der Waals surface area contributed by atoms with Crippen LogP contribution >= 0.6 is 0 Å². The van der Waals surface area contributed by atoms with Crippen LogP contribution in [0.5, 0.6) is 0 Å². The molecule has 0 saturated carbocycles. The van der Waals surface area contributed by atoms with Gasteiger partial charge in [-0.1, -0.05) is 13.8 Å². The Morgan fingerprint density at radius 3 is 2.29 bits per heavy atom. The molecule has 1 aliphatic heterocycles. The summed E-state index contributed by atoms with van der Waals surface area (Å²) < 4.78 is 0. The van der Waals surface area contributed by atoms with Crippen molar-refractivity contribution in [3.63, 3.8) is 0 Å². The van der Waals surface area contributed by atoms with Crippen LogP contribution in [-0.4, -0.2) is 47.0 Å². The fourth-order valence-electron chi connectivity index (χ4n) is 2.55. The summed E-state index contributed by atoms with van der Waals surface area (Å²) in [7, 11) is 0. The number of amides is 3. The lowest BCUT2D eigenvalue weighted by molar-refractivity contribution is -0.139. The molecule has 1 heterocycles. The number of rotatable bonds is 6. The molecule has 0 spiro atoms. The largest absolute Gasteiger partial charge is 0.480 e. The van der Waals surface area contributed by atoms with Crippen LogP contribution in [0.4, 0.5) is 4.79 Å². The van der Waals surface area contributed by atoms with Crippen LogP contribution in [0.15, 0.2) is 0 Å². The smallest absolute Gasteiger partial charge is 0.326 e. The first-order valence-electron chi connectivity index (χ1n) is 7.37. The minimum absolute atomic E-state index is 0.0128. The molecular weight excluding hydrogens is 274 g/mol. The highest BCUT2D eigenvalue weighted by molar-refractivity contribution is 5.83. The van der Waals surface area contributed by atoms with Crippen molar-refractivity contribution >= 4 is 17.9 Å². The Morgan fingerprint density at radius 1 is 1.29 bits per heavy atom. The number of aliphatic carboxylic acids is 1. The molecular formula is C14H25N3O4. The summed E-state index contributed by atoms with van der Waals surface area (Å²) in [5, 5.41) is 11.5. The maximum atomic E-state index is 12.1. The number of carbonyl (C=O) groups is 3. The second-order valence-corrected chi connectivity index (χ2v) is 5.91. The van der Waals surface area contributed by atoms with Crippen LogP contribution < -0.4 is 11.1 Å². The first kappa shape index (κ1) is 17.3. The van der Waals surface area contributed by atoms with E-state index in [2.05, 4.69) is 19.2 Å². The number of nitrogens with two attached hydrogens (primary N) is 1. The van der Waals surface area contributed by atoms with Gasteiger partial charge in [0, 0.05) is 19.5 Å². The summed E-state index contributed by atoms with van der Waals surface area (Å²) in [5.74, 6) is -0.522. The van der Waals surface area contributed by atoms with E-state index in [1.54, 1.807) is 4.90 Å². The van der Waals surface area contributed by atoms with E-state index in [4.69, 9.17) is 10.8 Å². The number of nitrogens with one attached hydrogen (secondary N) is 1. The number of primary amides is 1. The van der Waals surface area contributed by atoms with Crippen molar-refractivity contribution in [2.45, 2.75) is 45.6 Å². The molecule has 0 bridgehead atoms. The highest BCUT2D eigenvalue weighted by Gasteiger charge is 2.27. The van der Waals surface area contributed by atoms with E-state index in [-0.39, 0.29) is 18.9 Å². The average molecular weight is 299 g/mol. The highest BCUT2D eigenvalue weighted by Crippen LogP contribution is 2.24. The summed E-state index contributed by atoms with van der Waals surface area (Å²) in [4.78, 5) is 35.5. The second-order valence-electron chi connectivity index (χ2n) is 5.91. The highest BCUT2D eigenvalue weighted by atomic mass is 16.4. The van der Waals surface area contributed by atoms with Gasteiger partial charge >= 0.3 is 12.0 Å². The number of piperidine rings is 1. The van der Waals surface area contributed by atoms with Gasteiger partial charge in [-0.05, 0) is 31.1 Å². The van der Waals surface area contributed by atoms with Gasteiger partial charge in [-0.3, -0.25) is 4.79 Å². The van der Waals surface area contributed by atoms with Crippen LogP contribution in [0.25, 0.3) is 0 Å². The minimum Gasteiger partial charge on any atom is -0.480 e. The van der Waals surface area contributed by atoms with Gasteiger partial charge in [-0.2, -0.15) is 0 Å². The number of carbonyl (C=O) groups excluding carboxylic acids is 2. The third-order valence-electron chi connectivity index (χ3n) is 4.04. The first-order chi connectivity index (χ1) is 9.81. The van der Waals surface area contributed by atoms with Crippen molar-refractivity contribution in [1.29, 1.82) is 0 Å².